The number of rotatable bonds is 4. The highest BCUT2D eigenvalue weighted by atomic mass is 16.5. The van der Waals surface area contributed by atoms with Crippen LogP contribution in [0.1, 0.15) is 18.4 Å². The summed E-state index contributed by atoms with van der Waals surface area (Å²) in [5.74, 6) is 0. The molecule has 0 aromatic carbocycles. The molecule has 4 heteroatoms. The fourth-order valence-corrected chi connectivity index (χ4v) is 1.56. The van der Waals surface area contributed by atoms with E-state index in [0.717, 1.165) is 18.7 Å². The maximum atomic E-state index is 5.60. The van der Waals surface area contributed by atoms with Gasteiger partial charge in [0.2, 0.25) is 0 Å². The minimum atomic E-state index is 0.535. The summed E-state index contributed by atoms with van der Waals surface area (Å²) in [6.45, 7) is 0.795. The fraction of sp³-hybridized carbons (Fsp3) is 0.455. The molecule has 0 aliphatic heterocycles. The summed E-state index contributed by atoms with van der Waals surface area (Å²) in [6, 6.07) is 2.06. The van der Waals surface area contributed by atoms with Crippen molar-refractivity contribution in [2.24, 2.45) is 0 Å². The molecular weight excluding hydrogens is 190 g/mol. The van der Waals surface area contributed by atoms with E-state index in [2.05, 4.69) is 16.1 Å². The van der Waals surface area contributed by atoms with Gasteiger partial charge in [-0.2, -0.15) is 5.10 Å². The first-order chi connectivity index (χ1) is 7.42. The molecule has 15 heavy (non-hydrogen) atoms. The van der Waals surface area contributed by atoms with Crippen LogP contribution in [0.15, 0.2) is 24.7 Å². The summed E-state index contributed by atoms with van der Waals surface area (Å²) >= 11 is 0. The molecule has 0 saturated heterocycles. The Morgan fingerprint density at radius 3 is 3.27 bits per heavy atom. The van der Waals surface area contributed by atoms with Gasteiger partial charge in [-0.15, -0.1) is 0 Å². The Balaban J connectivity index is 1.67. The molecule has 1 fully saturated rings. The maximum Gasteiger partial charge on any atom is 0.153 e. The number of fused-ring (bicyclic) bond motifs is 1. The van der Waals surface area contributed by atoms with Crippen molar-refractivity contribution >= 4 is 5.65 Å². The van der Waals surface area contributed by atoms with Crippen LogP contribution >= 0.6 is 0 Å². The number of hydrogen-bond acceptors (Lipinski definition) is 3. The Bertz CT molecular complexity index is 462. The molecule has 1 aliphatic carbocycles. The van der Waals surface area contributed by atoms with Gasteiger partial charge in [0.05, 0.1) is 18.9 Å². The number of nitrogens with zero attached hydrogens (tertiary/aromatic N) is 3. The fourth-order valence-electron chi connectivity index (χ4n) is 1.56. The van der Waals surface area contributed by atoms with E-state index in [1.807, 2.05) is 12.4 Å². The Morgan fingerprint density at radius 1 is 1.47 bits per heavy atom. The van der Waals surface area contributed by atoms with Crippen molar-refractivity contribution in [1.82, 2.24) is 14.6 Å². The van der Waals surface area contributed by atoms with Gasteiger partial charge in [-0.1, -0.05) is 0 Å². The van der Waals surface area contributed by atoms with Crippen LogP contribution in [-0.2, 0) is 11.2 Å². The van der Waals surface area contributed by atoms with Gasteiger partial charge in [-0.25, -0.2) is 9.50 Å². The van der Waals surface area contributed by atoms with Crippen LogP contribution in [0.4, 0.5) is 0 Å². The molecule has 4 nitrogen and oxygen atoms in total. The van der Waals surface area contributed by atoms with Crippen LogP contribution in [0.3, 0.4) is 0 Å². The molecule has 0 spiro atoms. The molecule has 3 rings (SSSR count). The predicted octanol–water partition coefficient (Wildman–Crippen LogP) is 1.45. The van der Waals surface area contributed by atoms with E-state index < -0.39 is 0 Å². The lowest BCUT2D eigenvalue weighted by atomic mass is 10.2. The van der Waals surface area contributed by atoms with Crippen molar-refractivity contribution in [1.29, 1.82) is 0 Å². The third-order valence-corrected chi connectivity index (χ3v) is 2.58. The quantitative estimate of drug-likeness (QED) is 0.755. The molecule has 2 heterocycles. The van der Waals surface area contributed by atoms with Crippen molar-refractivity contribution in [2.75, 3.05) is 6.61 Å². The lowest BCUT2D eigenvalue weighted by Crippen LogP contribution is -2.01. The van der Waals surface area contributed by atoms with Crippen LogP contribution in [0.2, 0.25) is 0 Å². The molecule has 2 aromatic heterocycles. The molecule has 0 bridgehead atoms. The van der Waals surface area contributed by atoms with E-state index in [4.69, 9.17) is 4.74 Å². The van der Waals surface area contributed by atoms with Crippen molar-refractivity contribution in [3.63, 3.8) is 0 Å². The zero-order valence-corrected chi connectivity index (χ0v) is 8.47. The van der Waals surface area contributed by atoms with Gasteiger partial charge in [0.1, 0.15) is 0 Å². The zero-order valence-electron chi connectivity index (χ0n) is 8.47. The smallest absolute Gasteiger partial charge is 0.153 e. The first-order valence-corrected chi connectivity index (χ1v) is 5.32. The first kappa shape index (κ1) is 8.85. The van der Waals surface area contributed by atoms with E-state index in [-0.39, 0.29) is 0 Å². The standard InChI is InChI=1S/C11H13N3O/c1-2-10(1)15-6-3-9-7-11-12-4-5-14(11)13-8-9/h4-5,7-8,10H,1-3,6H2. The number of hydrogen-bond donors (Lipinski definition) is 0. The van der Waals surface area contributed by atoms with Gasteiger partial charge in [-0.3, -0.25) is 0 Å². The van der Waals surface area contributed by atoms with Crippen molar-refractivity contribution in [3.05, 3.63) is 30.2 Å². The van der Waals surface area contributed by atoms with Crippen LogP contribution in [0.5, 0.6) is 0 Å². The summed E-state index contributed by atoms with van der Waals surface area (Å²) in [5.41, 5.74) is 2.09. The number of ether oxygens (including phenoxy) is 1. The Morgan fingerprint density at radius 2 is 2.40 bits per heavy atom. The SMILES string of the molecule is c1cn2ncc(CCOC3CC3)cc2n1. The first-order valence-electron chi connectivity index (χ1n) is 5.32. The monoisotopic (exact) mass is 203 g/mol. The molecule has 0 atom stereocenters. The van der Waals surface area contributed by atoms with E-state index in [0.29, 0.717) is 6.10 Å². The maximum absolute atomic E-state index is 5.60. The predicted molar refractivity (Wildman–Crippen MR) is 55.7 cm³/mol. The zero-order chi connectivity index (χ0) is 10.1. The summed E-state index contributed by atoms with van der Waals surface area (Å²) in [4.78, 5) is 4.19. The minimum absolute atomic E-state index is 0.535. The highest BCUT2D eigenvalue weighted by molar-refractivity contribution is 5.38. The normalized spacial score (nSPS) is 16.0. The molecule has 78 valence electrons. The van der Waals surface area contributed by atoms with Crippen molar-refractivity contribution < 1.29 is 4.74 Å². The van der Waals surface area contributed by atoms with E-state index >= 15 is 0 Å². The van der Waals surface area contributed by atoms with Gasteiger partial charge in [0, 0.05) is 12.4 Å². The molecule has 0 N–H and O–H groups in total. The second kappa shape index (κ2) is 3.62. The van der Waals surface area contributed by atoms with Crippen LogP contribution in [0.25, 0.3) is 5.65 Å². The van der Waals surface area contributed by atoms with Gasteiger partial charge in [-0.05, 0) is 30.9 Å². The second-order valence-electron chi connectivity index (χ2n) is 3.91. The lowest BCUT2D eigenvalue weighted by molar-refractivity contribution is 0.122. The van der Waals surface area contributed by atoms with Gasteiger partial charge in [0.25, 0.3) is 0 Å². The van der Waals surface area contributed by atoms with Crippen LogP contribution in [0, 0.1) is 0 Å². The van der Waals surface area contributed by atoms with Crippen LogP contribution < -0.4 is 0 Å². The third-order valence-electron chi connectivity index (χ3n) is 2.58. The number of imidazole rings is 1. The lowest BCUT2D eigenvalue weighted by Gasteiger charge is -2.02. The average Bonchev–Trinajstić information content (AvgIpc) is 2.95. The topological polar surface area (TPSA) is 39.4 Å². The molecule has 1 aliphatic rings. The van der Waals surface area contributed by atoms with Crippen LogP contribution in [-0.4, -0.2) is 27.3 Å². The largest absolute Gasteiger partial charge is 0.378 e. The molecule has 0 amide bonds. The Labute approximate surface area is 87.9 Å². The molecule has 0 unspecified atom stereocenters. The summed E-state index contributed by atoms with van der Waals surface area (Å²) in [6.07, 6.45) is 9.41. The van der Waals surface area contributed by atoms with E-state index in [9.17, 15) is 0 Å². The van der Waals surface area contributed by atoms with E-state index in [1.165, 1.54) is 18.4 Å². The highest BCUT2D eigenvalue weighted by Gasteiger charge is 2.21. The third kappa shape index (κ3) is 1.99. The summed E-state index contributed by atoms with van der Waals surface area (Å²) in [7, 11) is 0. The number of aromatic nitrogens is 3. The highest BCUT2D eigenvalue weighted by Crippen LogP contribution is 2.23. The molecule has 0 radical (unpaired) electrons. The van der Waals surface area contributed by atoms with Crippen molar-refractivity contribution in [3.8, 4) is 0 Å². The molecular formula is C11H13N3O. The van der Waals surface area contributed by atoms with Gasteiger partial charge >= 0.3 is 0 Å². The average molecular weight is 203 g/mol. The van der Waals surface area contributed by atoms with E-state index in [1.54, 1.807) is 10.7 Å². The Hall–Kier alpha value is -1.42. The minimum Gasteiger partial charge on any atom is -0.378 e. The Kier molecular flexibility index (Phi) is 2.14. The van der Waals surface area contributed by atoms with Crippen molar-refractivity contribution in [2.45, 2.75) is 25.4 Å². The van der Waals surface area contributed by atoms with Gasteiger partial charge < -0.3 is 4.74 Å². The summed E-state index contributed by atoms with van der Waals surface area (Å²) < 4.78 is 7.36. The molecule has 2 aromatic rings. The molecule has 1 saturated carbocycles. The summed E-state index contributed by atoms with van der Waals surface area (Å²) in [5, 5.41) is 4.25. The second-order valence-corrected chi connectivity index (χ2v) is 3.91. The van der Waals surface area contributed by atoms with Gasteiger partial charge in [0.15, 0.2) is 5.65 Å².